The molecule has 88 valence electrons. The van der Waals surface area contributed by atoms with Crippen LogP contribution >= 0.6 is 11.6 Å². The van der Waals surface area contributed by atoms with Gasteiger partial charge in [-0.15, -0.1) is 0 Å². The van der Waals surface area contributed by atoms with E-state index in [1.165, 1.54) is 0 Å². The molecule has 3 rings (SSSR count). The smallest absolute Gasteiger partial charge is 0.151 e. The average molecular weight is 257 g/mol. The van der Waals surface area contributed by atoms with Gasteiger partial charge in [-0.05, 0) is 29.8 Å². The molecular formula is C14H9ClN2O. The minimum Gasteiger partial charge on any atom is -0.300 e. The summed E-state index contributed by atoms with van der Waals surface area (Å²) in [5.41, 5.74) is 3.27. The normalized spacial score (nSPS) is 10.7. The number of carbonyl (C=O) groups excluding carboxylic acids is 1. The second-order valence-corrected chi connectivity index (χ2v) is 4.33. The first-order valence-corrected chi connectivity index (χ1v) is 5.84. The van der Waals surface area contributed by atoms with Crippen molar-refractivity contribution in [3.8, 4) is 11.3 Å². The number of benzene rings is 1. The number of halogens is 1. The highest BCUT2D eigenvalue weighted by molar-refractivity contribution is 6.33. The van der Waals surface area contributed by atoms with Crippen LogP contribution in [-0.2, 0) is 0 Å². The number of pyridine rings is 1. The fourth-order valence-electron chi connectivity index (χ4n) is 1.98. The summed E-state index contributed by atoms with van der Waals surface area (Å²) in [4.78, 5) is 15.2. The van der Waals surface area contributed by atoms with Crippen LogP contribution in [0.4, 0.5) is 0 Å². The standard InChI is InChI=1S/C14H9ClN2O/c15-12-5-4-10(8-11(12)9-18)13-2-1-3-14-16-6-7-17(13)14/h1-9H. The quantitative estimate of drug-likeness (QED) is 0.658. The summed E-state index contributed by atoms with van der Waals surface area (Å²) in [5.74, 6) is 0. The van der Waals surface area contributed by atoms with Gasteiger partial charge < -0.3 is 0 Å². The SMILES string of the molecule is O=Cc1cc(-c2cccc3nccn23)ccc1Cl. The van der Waals surface area contributed by atoms with Gasteiger partial charge in [0.15, 0.2) is 6.29 Å². The third-order valence-electron chi connectivity index (χ3n) is 2.85. The van der Waals surface area contributed by atoms with E-state index in [4.69, 9.17) is 11.6 Å². The van der Waals surface area contributed by atoms with Crippen LogP contribution in [0.2, 0.25) is 5.02 Å². The Morgan fingerprint density at radius 3 is 2.94 bits per heavy atom. The third kappa shape index (κ3) is 1.69. The Morgan fingerprint density at radius 1 is 1.22 bits per heavy atom. The molecule has 3 aromatic rings. The number of hydrogen-bond acceptors (Lipinski definition) is 2. The number of carbonyl (C=O) groups is 1. The van der Waals surface area contributed by atoms with Crippen molar-refractivity contribution < 1.29 is 4.79 Å². The van der Waals surface area contributed by atoms with Gasteiger partial charge in [-0.25, -0.2) is 4.98 Å². The van der Waals surface area contributed by atoms with Gasteiger partial charge in [0.05, 0.1) is 10.7 Å². The van der Waals surface area contributed by atoms with Crippen molar-refractivity contribution in [2.24, 2.45) is 0 Å². The Morgan fingerprint density at radius 2 is 2.11 bits per heavy atom. The van der Waals surface area contributed by atoms with Crippen LogP contribution < -0.4 is 0 Å². The number of fused-ring (bicyclic) bond motifs is 1. The molecule has 0 unspecified atom stereocenters. The minimum atomic E-state index is 0.464. The molecule has 0 aliphatic heterocycles. The van der Waals surface area contributed by atoms with Gasteiger partial charge in [0.1, 0.15) is 5.65 Å². The van der Waals surface area contributed by atoms with Crippen molar-refractivity contribution in [1.82, 2.24) is 9.38 Å². The summed E-state index contributed by atoms with van der Waals surface area (Å²) >= 11 is 5.93. The van der Waals surface area contributed by atoms with E-state index in [1.807, 2.05) is 34.9 Å². The van der Waals surface area contributed by atoms with Gasteiger partial charge in [-0.2, -0.15) is 0 Å². The molecule has 0 saturated carbocycles. The zero-order valence-corrected chi connectivity index (χ0v) is 10.1. The van der Waals surface area contributed by atoms with Crippen LogP contribution in [0.1, 0.15) is 10.4 Å². The van der Waals surface area contributed by atoms with E-state index in [2.05, 4.69) is 4.98 Å². The van der Waals surface area contributed by atoms with Gasteiger partial charge in [0.2, 0.25) is 0 Å². The molecule has 0 fully saturated rings. The van der Waals surface area contributed by atoms with Gasteiger partial charge in [-0.3, -0.25) is 9.20 Å². The molecule has 0 amide bonds. The lowest BCUT2D eigenvalue weighted by atomic mass is 10.1. The number of aldehydes is 1. The Balaban J connectivity index is 2.26. The lowest BCUT2D eigenvalue weighted by molar-refractivity contribution is 0.112. The van der Waals surface area contributed by atoms with Crippen molar-refractivity contribution in [3.63, 3.8) is 0 Å². The molecule has 1 aromatic carbocycles. The molecule has 0 spiro atoms. The Bertz CT molecular complexity index is 733. The molecule has 18 heavy (non-hydrogen) atoms. The van der Waals surface area contributed by atoms with Crippen molar-refractivity contribution >= 4 is 23.5 Å². The number of hydrogen-bond donors (Lipinski definition) is 0. The van der Waals surface area contributed by atoms with Crippen LogP contribution in [-0.4, -0.2) is 15.7 Å². The maximum Gasteiger partial charge on any atom is 0.151 e. The minimum absolute atomic E-state index is 0.464. The Labute approximate surface area is 109 Å². The molecule has 4 heteroatoms. The predicted molar refractivity (Wildman–Crippen MR) is 71.0 cm³/mol. The highest BCUT2D eigenvalue weighted by Gasteiger charge is 2.06. The molecule has 2 heterocycles. The summed E-state index contributed by atoms with van der Waals surface area (Å²) in [6.07, 6.45) is 4.40. The van der Waals surface area contributed by atoms with E-state index in [0.29, 0.717) is 10.6 Å². The summed E-state index contributed by atoms with van der Waals surface area (Å²) in [5, 5.41) is 0.464. The molecule has 0 aliphatic rings. The Hall–Kier alpha value is -2.13. The Kier molecular flexibility index (Phi) is 2.61. The fourth-order valence-corrected chi connectivity index (χ4v) is 2.14. The third-order valence-corrected chi connectivity index (χ3v) is 3.19. The van der Waals surface area contributed by atoms with Gasteiger partial charge in [-0.1, -0.05) is 23.7 Å². The second-order valence-electron chi connectivity index (χ2n) is 3.92. The van der Waals surface area contributed by atoms with Crippen molar-refractivity contribution in [2.45, 2.75) is 0 Å². The lowest BCUT2D eigenvalue weighted by Crippen LogP contribution is -1.92. The molecule has 0 saturated heterocycles. The molecular weight excluding hydrogens is 248 g/mol. The van der Waals surface area contributed by atoms with E-state index < -0.39 is 0 Å². The van der Waals surface area contributed by atoms with E-state index in [1.54, 1.807) is 18.3 Å². The average Bonchev–Trinajstić information content (AvgIpc) is 2.87. The first-order chi connectivity index (χ1) is 8.79. The van der Waals surface area contributed by atoms with E-state index in [0.717, 1.165) is 23.2 Å². The highest BCUT2D eigenvalue weighted by Crippen LogP contribution is 2.24. The predicted octanol–water partition coefficient (Wildman–Crippen LogP) is 3.47. The number of nitrogens with zero attached hydrogens (tertiary/aromatic N) is 2. The topological polar surface area (TPSA) is 34.4 Å². The van der Waals surface area contributed by atoms with Crippen molar-refractivity contribution in [3.05, 3.63) is 59.4 Å². The molecule has 0 bridgehead atoms. The van der Waals surface area contributed by atoms with Gasteiger partial charge in [0, 0.05) is 18.0 Å². The van der Waals surface area contributed by atoms with Crippen LogP contribution in [0, 0.1) is 0 Å². The maximum absolute atomic E-state index is 10.9. The molecule has 0 atom stereocenters. The van der Waals surface area contributed by atoms with Gasteiger partial charge in [0.25, 0.3) is 0 Å². The first-order valence-electron chi connectivity index (χ1n) is 5.47. The summed E-state index contributed by atoms with van der Waals surface area (Å²) in [6, 6.07) is 11.3. The van der Waals surface area contributed by atoms with E-state index >= 15 is 0 Å². The van der Waals surface area contributed by atoms with Crippen molar-refractivity contribution in [1.29, 1.82) is 0 Å². The fraction of sp³-hybridized carbons (Fsp3) is 0. The molecule has 0 radical (unpaired) electrons. The zero-order chi connectivity index (χ0) is 12.5. The molecule has 3 nitrogen and oxygen atoms in total. The van der Waals surface area contributed by atoms with E-state index in [9.17, 15) is 4.79 Å². The molecule has 0 aliphatic carbocycles. The van der Waals surface area contributed by atoms with Crippen LogP contribution in [0.25, 0.3) is 16.9 Å². The highest BCUT2D eigenvalue weighted by atomic mass is 35.5. The van der Waals surface area contributed by atoms with Gasteiger partial charge >= 0.3 is 0 Å². The van der Waals surface area contributed by atoms with Crippen LogP contribution in [0.3, 0.4) is 0 Å². The summed E-state index contributed by atoms with van der Waals surface area (Å²) in [6.45, 7) is 0. The number of aromatic nitrogens is 2. The van der Waals surface area contributed by atoms with Crippen LogP contribution in [0.5, 0.6) is 0 Å². The van der Waals surface area contributed by atoms with E-state index in [-0.39, 0.29) is 0 Å². The zero-order valence-electron chi connectivity index (χ0n) is 9.38. The maximum atomic E-state index is 10.9. The summed E-state index contributed by atoms with van der Waals surface area (Å²) < 4.78 is 1.97. The lowest BCUT2D eigenvalue weighted by Gasteiger charge is -2.07. The second kappa shape index (κ2) is 4.27. The monoisotopic (exact) mass is 256 g/mol. The number of rotatable bonds is 2. The van der Waals surface area contributed by atoms with Crippen LogP contribution in [0.15, 0.2) is 48.8 Å². The summed E-state index contributed by atoms with van der Waals surface area (Å²) in [7, 11) is 0. The number of imidazole rings is 1. The largest absolute Gasteiger partial charge is 0.300 e. The molecule has 0 N–H and O–H groups in total. The first kappa shape index (κ1) is 11.0. The molecule has 2 aromatic heterocycles. The van der Waals surface area contributed by atoms with Crippen molar-refractivity contribution in [2.75, 3.05) is 0 Å².